The molecule has 0 amide bonds. The standard InChI is InChI=1S/C25H33NO4/c1-25-10-8-20-19-5-3-18(30-24(28)9-11-26-12-14-29-15-13-26)16-17(19)2-4-21(20)22(25)6-7-23(25)27/h3,5,16,20-22H,2,4,6-15H2,1H3/t20-,21-,22+,25-/m0/s1. The van der Waals surface area contributed by atoms with E-state index in [0.717, 1.165) is 71.4 Å². The second-order valence-electron chi connectivity index (χ2n) is 9.87. The van der Waals surface area contributed by atoms with E-state index in [4.69, 9.17) is 9.47 Å². The molecule has 5 heteroatoms. The average molecular weight is 412 g/mol. The summed E-state index contributed by atoms with van der Waals surface area (Å²) in [4.78, 5) is 27.1. The van der Waals surface area contributed by atoms with Crippen LogP contribution in [0.3, 0.4) is 0 Å². The second-order valence-corrected chi connectivity index (χ2v) is 9.87. The molecule has 0 radical (unpaired) electrons. The van der Waals surface area contributed by atoms with Gasteiger partial charge < -0.3 is 9.47 Å². The molecule has 1 heterocycles. The summed E-state index contributed by atoms with van der Waals surface area (Å²) >= 11 is 0. The van der Waals surface area contributed by atoms with Gasteiger partial charge in [-0.1, -0.05) is 13.0 Å². The number of aryl methyl sites for hydroxylation is 1. The van der Waals surface area contributed by atoms with Gasteiger partial charge in [0.05, 0.1) is 19.6 Å². The number of hydrogen-bond acceptors (Lipinski definition) is 5. The lowest BCUT2D eigenvalue weighted by Gasteiger charge is -2.48. The van der Waals surface area contributed by atoms with E-state index in [1.807, 2.05) is 6.07 Å². The lowest BCUT2D eigenvalue weighted by molar-refractivity contribution is -0.135. The Hall–Kier alpha value is -1.72. The first-order chi connectivity index (χ1) is 14.5. The molecule has 3 aliphatic carbocycles. The van der Waals surface area contributed by atoms with Crippen molar-refractivity contribution in [3.8, 4) is 5.75 Å². The summed E-state index contributed by atoms with van der Waals surface area (Å²) in [5.41, 5.74) is 2.69. The molecule has 4 aliphatic rings. The van der Waals surface area contributed by atoms with Gasteiger partial charge >= 0.3 is 5.97 Å². The molecule has 3 fully saturated rings. The van der Waals surface area contributed by atoms with E-state index in [2.05, 4.69) is 24.0 Å². The van der Waals surface area contributed by atoms with Crippen molar-refractivity contribution in [1.82, 2.24) is 4.90 Å². The van der Waals surface area contributed by atoms with Crippen LogP contribution in [-0.2, 0) is 20.7 Å². The van der Waals surface area contributed by atoms with E-state index in [0.29, 0.717) is 35.7 Å². The van der Waals surface area contributed by atoms with Crippen LogP contribution in [0.25, 0.3) is 0 Å². The number of benzene rings is 1. The van der Waals surface area contributed by atoms with Crippen LogP contribution in [0.1, 0.15) is 62.5 Å². The first-order valence-electron chi connectivity index (χ1n) is 11.7. The van der Waals surface area contributed by atoms with E-state index in [1.54, 1.807) is 0 Å². The SMILES string of the molecule is C[C@]12CC[C@H]3c4ccc(OC(=O)CCN5CCOCC5)cc4CC[C@@H]3[C@H]1CCC2=O. The first kappa shape index (κ1) is 20.2. The third-order valence-corrected chi connectivity index (χ3v) is 8.37. The second kappa shape index (κ2) is 8.08. The van der Waals surface area contributed by atoms with Crippen LogP contribution in [0.15, 0.2) is 18.2 Å². The smallest absolute Gasteiger partial charge is 0.312 e. The van der Waals surface area contributed by atoms with Crippen LogP contribution in [-0.4, -0.2) is 49.5 Å². The number of carbonyl (C=O) groups is 2. The fourth-order valence-corrected chi connectivity index (χ4v) is 6.65. The number of morpholine rings is 1. The van der Waals surface area contributed by atoms with E-state index < -0.39 is 0 Å². The zero-order valence-electron chi connectivity index (χ0n) is 18.0. The number of ether oxygens (including phenoxy) is 2. The van der Waals surface area contributed by atoms with Gasteiger partial charge in [-0.05, 0) is 73.1 Å². The summed E-state index contributed by atoms with van der Waals surface area (Å²) in [5, 5.41) is 0. The quantitative estimate of drug-likeness (QED) is 0.558. The fourth-order valence-electron chi connectivity index (χ4n) is 6.65. The summed E-state index contributed by atoms with van der Waals surface area (Å²) in [5.74, 6) is 2.75. The molecule has 0 unspecified atom stereocenters. The van der Waals surface area contributed by atoms with Crippen molar-refractivity contribution in [2.24, 2.45) is 17.3 Å². The predicted molar refractivity (Wildman–Crippen MR) is 114 cm³/mol. The Balaban J connectivity index is 1.23. The summed E-state index contributed by atoms with van der Waals surface area (Å²) < 4.78 is 11.0. The molecule has 5 nitrogen and oxygen atoms in total. The van der Waals surface area contributed by atoms with Gasteiger partial charge in [-0.2, -0.15) is 0 Å². The van der Waals surface area contributed by atoms with Crippen molar-refractivity contribution in [1.29, 1.82) is 0 Å². The van der Waals surface area contributed by atoms with Crippen LogP contribution in [0.4, 0.5) is 0 Å². The minimum absolute atomic E-state index is 0.0748. The topological polar surface area (TPSA) is 55.8 Å². The monoisotopic (exact) mass is 411 g/mol. The van der Waals surface area contributed by atoms with E-state index >= 15 is 0 Å². The van der Waals surface area contributed by atoms with Crippen LogP contribution in [0.2, 0.25) is 0 Å². The van der Waals surface area contributed by atoms with Crippen LogP contribution in [0, 0.1) is 17.3 Å². The highest BCUT2D eigenvalue weighted by Crippen LogP contribution is 2.59. The molecule has 5 rings (SSSR count). The molecule has 162 valence electrons. The molecule has 0 bridgehead atoms. The van der Waals surface area contributed by atoms with Crippen molar-refractivity contribution in [2.75, 3.05) is 32.8 Å². The summed E-state index contributed by atoms with van der Waals surface area (Å²) in [6.07, 6.45) is 6.57. The van der Waals surface area contributed by atoms with Gasteiger partial charge in [0.1, 0.15) is 11.5 Å². The van der Waals surface area contributed by atoms with Crippen molar-refractivity contribution >= 4 is 11.8 Å². The van der Waals surface area contributed by atoms with E-state index in [9.17, 15) is 9.59 Å². The number of Topliss-reactive ketones (excluding diaryl/α,β-unsaturated/α-hetero) is 1. The van der Waals surface area contributed by atoms with Crippen LogP contribution >= 0.6 is 0 Å². The normalized spacial score (nSPS) is 33.5. The highest BCUT2D eigenvalue weighted by atomic mass is 16.5. The lowest BCUT2D eigenvalue weighted by atomic mass is 9.55. The highest BCUT2D eigenvalue weighted by molar-refractivity contribution is 5.87. The van der Waals surface area contributed by atoms with Crippen molar-refractivity contribution < 1.29 is 19.1 Å². The minimum atomic E-state index is -0.159. The largest absolute Gasteiger partial charge is 0.426 e. The van der Waals surface area contributed by atoms with Gasteiger partial charge in [0.25, 0.3) is 0 Å². The third-order valence-electron chi connectivity index (χ3n) is 8.37. The molecular weight excluding hydrogens is 378 g/mol. The average Bonchev–Trinajstić information content (AvgIpc) is 3.07. The van der Waals surface area contributed by atoms with Crippen LogP contribution in [0.5, 0.6) is 5.75 Å². The molecule has 2 saturated carbocycles. The van der Waals surface area contributed by atoms with Crippen molar-refractivity contribution in [3.63, 3.8) is 0 Å². The van der Waals surface area contributed by atoms with Gasteiger partial charge in [0.15, 0.2) is 0 Å². The molecule has 30 heavy (non-hydrogen) atoms. The number of hydrogen-bond donors (Lipinski definition) is 0. The number of esters is 1. The van der Waals surface area contributed by atoms with Crippen molar-refractivity contribution in [2.45, 2.75) is 57.8 Å². The summed E-state index contributed by atoms with van der Waals surface area (Å²) in [6.45, 7) is 6.22. The molecule has 0 N–H and O–H groups in total. The van der Waals surface area contributed by atoms with E-state index in [-0.39, 0.29) is 11.4 Å². The minimum Gasteiger partial charge on any atom is -0.426 e. The zero-order chi connectivity index (χ0) is 20.7. The molecular formula is C25H33NO4. The Labute approximate surface area is 179 Å². The third kappa shape index (κ3) is 3.60. The van der Waals surface area contributed by atoms with Gasteiger partial charge in [0.2, 0.25) is 0 Å². The lowest BCUT2D eigenvalue weighted by Crippen LogP contribution is -2.42. The van der Waals surface area contributed by atoms with E-state index in [1.165, 1.54) is 11.1 Å². The first-order valence-corrected chi connectivity index (χ1v) is 11.7. The van der Waals surface area contributed by atoms with Gasteiger partial charge in [-0.3, -0.25) is 14.5 Å². The molecule has 0 aromatic heterocycles. The maximum atomic E-state index is 12.5. The van der Waals surface area contributed by atoms with Gasteiger partial charge in [0, 0.05) is 31.5 Å². The number of fused-ring (bicyclic) bond motifs is 5. The van der Waals surface area contributed by atoms with Crippen molar-refractivity contribution in [3.05, 3.63) is 29.3 Å². The number of nitrogens with zero attached hydrogens (tertiary/aromatic N) is 1. The summed E-state index contributed by atoms with van der Waals surface area (Å²) in [7, 11) is 0. The predicted octanol–water partition coefficient (Wildman–Crippen LogP) is 3.74. The Kier molecular flexibility index (Phi) is 5.44. The number of ketones is 1. The highest BCUT2D eigenvalue weighted by Gasteiger charge is 2.54. The van der Waals surface area contributed by atoms with Crippen LogP contribution < -0.4 is 4.74 Å². The number of carbonyl (C=O) groups excluding carboxylic acids is 2. The summed E-state index contributed by atoms with van der Waals surface area (Å²) in [6, 6.07) is 6.25. The molecule has 1 saturated heterocycles. The number of rotatable bonds is 4. The van der Waals surface area contributed by atoms with Gasteiger partial charge in [-0.25, -0.2) is 0 Å². The van der Waals surface area contributed by atoms with Gasteiger partial charge in [-0.15, -0.1) is 0 Å². The Morgan fingerprint density at radius 1 is 1.20 bits per heavy atom. The maximum absolute atomic E-state index is 12.5. The molecule has 1 aromatic carbocycles. The molecule has 1 aromatic rings. The Morgan fingerprint density at radius 2 is 2.03 bits per heavy atom. The molecule has 4 atom stereocenters. The Morgan fingerprint density at radius 3 is 2.87 bits per heavy atom. The fraction of sp³-hybridized carbons (Fsp3) is 0.680. The molecule has 1 aliphatic heterocycles. The Bertz CT molecular complexity index is 830. The molecule has 0 spiro atoms. The zero-order valence-corrected chi connectivity index (χ0v) is 18.0. The maximum Gasteiger partial charge on any atom is 0.312 e.